The van der Waals surface area contributed by atoms with Gasteiger partial charge in [-0.1, -0.05) is 48.5 Å². The minimum absolute atomic E-state index is 0.00542. The molecule has 1 aliphatic rings. The number of benzene rings is 2. The standard InChI is InChI=1S/C19H19NO2/c1-14(15-8-4-3-5-9-15)20(2)19(21)17-12-16-10-6-7-11-18(16)22-13-17/h3-12,14H,13H2,1-2H3/t14-/m0/s1. The van der Waals surface area contributed by atoms with Gasteiger partial charge < -0.3 is 9.64 Å². The molecular formula is C19H19NO2. The first-order chi connectivity index (χ1) is 10.7. The number of carbonyl (C=O) groups is 1. The molecule has 0 aromatic heterocycles. The van der Waals surface area contributed by atoms with Crippen LogP contribution >= 0.6 is 0 Å². The highest BCUT2D eigenvalue weighted by molar-refractivity contribution is 5.99. The van der Waals surface area contributed by atoms with Crippen LogP contribution in [0.4, 0.5) is 0 Å². The lowest BCUT2D eigenvalue weighted by Gasteiger charge is -2.27. The SMILES string of the molecule is C[C@@H](c1ccccc1)N(C)C(=O)C1=Cc2ccccc2OC1. The van der Waals surface area contributed by atoms with Gasteiger partial charge >= 0.3 is 0 Å². The van der Waals surface area contributed by atoms with Gasteiger partial charge in [-0.25, -0.2) is 0 Å². The van der Waals surface area contributed by atoms with Crippen LogP contribution in [0.2, 0.25) is 0 Å². The minimum atomic E-state index is 0.00542. The first-order valence-electron chi connectivity index (χ1n) is 7.41. The zero-order chi connectivity index (χ0) is 15.5. The Morgan fingerprint density at radius 3 is 2.55 bits per heavy atom. The molecular weight excluding hydrogens is 274 g/mol. The molecule has 0 radical (unpaired) electrons. The van der Waals surface area contributed by atoms with Gasteiger partial charge in [0.2, 0.25) is 0 Å². The first-order valence-corrected chi connectivity index (χ1v) is 7.41. The lowest BCUT2D eigenvalue weighted by atomic mass is 10.0. The average Bonchev–Trinajstić information content (AvgIpc) is 2.60. The third-order valence-corrected chi connectivity index (χ3v) is 4.09. The molecule has 22 heavy (non-hydrogen) atoms. The van der Waals surface area contributed by atoms with Crippen molar-refractivity contribution in [2.24, 2.45) is 0 Å². The van der Waals surface area contributed by atoms with Gasteiger partial charge in [0.1, 0.15) is 12.4 Å². The summed E-state index contributed by atoms with van der Waals surface area (Å²) >= 11 is 0. The largest absolute Gasteiger partial charge is 0.488 e. The van der Waals surface area contributed by atoms with E-state index < -0.39 is 0 Å². The minimum Gasteiger partial charge on any atom is -0.488 e. The van der Waals surface area contributed by atoms with Crippen LogP contribution in [-0.2, 0) is 4.79 Å². The van der Waals surface area contributed by atoms with E-state index in [0.29, 0.717) is 12.2 Å². The van der Waals surface area contributed by atoms with Gasteiger partial charge in [0.25, 0.3) is 5.91 Å². The lowest BCUT2D eigenvalue weighted by molar-refractivity contribution is -0.128. The third-order valence-electron chi connectivity index (χ3n) is 4.09. The predicted molar refractivity (Wildman–Crippen MR) is 87.5 cm³/mol. The second-order valence-corrected chi connectivity index (χ2v) is 5.50. The second kappa shape index (κ2) is 6.06. The van der Waals surface area contributed by atoms with E-state index in [2.05, 4.69) is 0 Å². The van der Waals surface area contributed by atoms with Crippen LogP contribution in [0.5, 0.6) is 5.75 Å². The van der Waals surface area contributed by atoms with Crippen LogP contribution in [0.1, 0.15) is 24.1 Å². The number of likely N-dealkylation sites (N-methyl/N-ethyl adjacent to an activating group) is 1. The fourth-order valence-electron chi connectivity index (χ4n) is 2.60. The summed E-state index contributed by atoms with van der Waals surface area (Å²) in [6.45, 7) is 2.35. The van der Waals surface area contributed by atoms with E-state index in [9.17, 15) is 4.79 Å². The molecule has 2 aromatic carbocycles. The zero-order valence-electron chi connectivity index (χ0n) is 12.8. The van der Waals surface area contributed by atoms with E-state index in [-0.39, 0.29) is 11.9 Å². The number of nitrogens with zero attached hydrogens (tertiary/aromatic N) is 1. The van der Waals surface area contributed by atoms with Gasteiger partial charge in [0.15, 0.2) is 0 Å². The lowest BCUT2D eigenvalue weighted by Crippen LogP contribution is -2.33. The summed E-state index contributed by atoms with van der Waals surface area (Å²) in [4.78, 5) is 14.5. The Balaban J connectivity index is 1.81. The number of amides is 1. The summed E-state index contributed by atoms with van der Waals surface area (Å²) in [5, 5.41) is 0. The quantitative estimate of drug-likeness (QED) is 0.864. The molecule has 0 saturated carbocycles. The maximum Gasteiger partial charge on any atom is 0.253 e. The Labute approximate surface area is 130 Å². The molecule has 0 N–H and O–H groups in total. The third kappa shape index (κ3) is 2.75. The maximum absolute atomic E-state index is 12.7. The molecule has 0 fully saturated rings. The molecule has 3 nitrogen and oxygen atoms in total. The Morgan fingerprint density at radius 1 is 1.09 bits per heavy atom. The van der Waals surface area contributed by atoms with Crippen molar-refractivity contribution >= 4 is 12.0 Å². The Bertz CT molecular complexity index is 706. The molecule has 0 spiro atoms. The van der Waals surface area contributed by atoms with E-state index in [0.717, 1.165) is 16.9 Å². The van der Waals surface area contributed by atoms with Crippen molar-refractivity contribution in [3.8, 4) is 5.75 Å². The molecule has 3 heteroatoms. The van der Waals surface area contributed by atoms with Gasteiger partial charge in [-0.2, -0.15) is 0 Å². The monoisotopic (exact) mass is 293 g/mol. The summed E-state index contributed by atoms with van der Waals surface area (Å²) in [7, 11) is 1.83. The zero-order valence-corrected chi connectivity index (χ0v) is 12.8. The Kier molecular flexibility index (Phi) is 3.96. The summed E-state index contributed by atoms with van der Waals surface area (Å²) < 4.78 is 5.68. The normalized spacial score (nSPS) is 14.4. The molecule has 1 aliphatic heterocycles. The molecule has 1 amide bonds. The maximum atomic E-state index is 12.7. The predicted octanol–water partition coefficient (Wildman–Crippen LogP) is 3.68. The van der Waals surface area contributed by atoms with Crippen molar-refractivity contribution < 1.29 is 9.53 Å². The number of rotatable bonds is 3. The van der Waals surface area contributed by atoms with Crippen molar-refractivity contribution in [2.45, 2.75) is 13.0 Å². The smallest absolute Gasteiger partial charge is 0.253 e. The highest BCUT2D eigenvalue weighted by Gasteiger charge is 2.23. The summed E-state index contributed by atoms with van der Waals surface area (Å²) in [5.74, 6) is 0.837. The van der Waals surface area contributed by atoms with Crippen LogP contribution < -0.4 is 4.74 Å². The van der Waals surface area contributed by atoms with Crippen LogP contribution in [0.3, 0.4) is 0 Å². The molecule has 1 atom stereocenters. The number of ether oxygens (including phenoxy) is 1. The van der Waals surface area contributed by atoms with E-state index >= 15 is 0 Å². The number of hydrogen-bond acceptors (Lipinski definition) is 2. The van der Waals surface area contributed by atoms with Crippen LogP contribution in [0.15, 0.2) is 60.2 Å². The van der Waals surface area contributed by atoms with E-state index in [1.54, 1.807) is 4.90 Å². The summed E-state index contributed by atoms with van der Waals surface area (Å²) in [6, 6.07) is 17.8. The fourth-order valence-corrected chi connectivity index (χ4v) is 2.60. The van der Waals surface area contributed by atoms with Crippen LogP contribution in [-0.4, -0.2) is 24.5 Å². The van der Waals surface area contributed by atoms with Crippen molar-refractivity contribution in [1.82, 2.24) is 4.90 Å². The van der Waals surface area contributed by atoms with E-state index in [1.165, 1.54) is 0 Å². The van der Waals surface area contributed by atoms with Crippen molar-refractivity contribution in [1.29, 1.82) is 0 Å². The van der Waals surface area contributed by atoms with Crippen molar-refractivity contribution in [2.75, 3.05) is 13.7 Å². The number of carbonyl (C=O) groups excluding carboxylic acids is 1. The molecule has 2 aromatic rings. The van der Waals surface area contributed by atoms with Crippen LogP contribution in [0.25, 0.3) is 6.08 Å². The number of fused-ring (bicyclic) bond motifs is 1. The highest BCUT2D eigenvalue weighted by Crippen LogP contribution is 2.28. The molecule has 0 unspecified atom stereocenters. The topological polar surface area (TPSA) is 29.5 Å². The molecule has 0 aliphatic carbocycles. The average molecular weight is 293 g/mol. The molecule has 1 heterocycles. The van der Waals surface area contributed by atoms with Gasteiger partial charge in [0, 0.05) is 12.6 Å². The number of hydrogen-bond donors (Lipinski definition) is 0. The number of para-hydroxylation sites is 1. The van der Waals surface area contributed by atoms with Crippen LogP contribution in [0, 0.1) is 0 Å². The van der Waals surface area contributed by atoms with Gasteiger partial charge in [-0.15, -0.1) is 0 Å². The van der Waals surface area contributed by atoms with Gasteiger partial charge in [0.05, 0.1) is 11.6 Å². The molecule has 112 valence electrons. The Morgan fingerprint density at radius 2 is 1.77 bits per heavy atom. The summed E-state index contributed by atoms with van der Waals surface area (Å²) in [5.41, 5.74) is 2.76. The van der Waals surface area contributed by atoms with Crippen molar-refractivity contribution in [3.05, 3.63) is 71.3 Å². The fraction of sp³-hybridized carbons (Fsp3) is 0.211. The summed E-state index contributed by atoms with van der Waals surface area (Å²) in [6.07, 6.45) is 1.93. The van der Waals surface area contributed by atoms with Gasteiger partial charge in [-0.05, 0) is 24.6 Å². The van der Waals surface area contributed by atoms with Gasteiger partial charge in [-0.3, -0.25) is 4.79 Å². The Hall–Kier alpha value is -2.55. The molecule has 0 saturated heterocycles. The van der Waals surface area contributed by atoms with E-state index in [4.69, 9.17) is 4.74 Å². The molecule has 0 bridgehead atoms. The van der Waals surface area contributed by atoms with E-state index in [1.807, 2.05) is 74.6 Å². The highest BCUT2D eigenvalue weighted by atomic mass is 16.5. The molecule has 3 rings (SSSR count). The van der Waals surface area contributed by atoms with Crippen molar-refractivity contribution in [3.63, 3.8) is 0 Å². The first kappa shape index (κ1) is 14.4. The second-order valence-electron chi connectivity index (χ2n) is 5.50.